The van der Waals surface area contributed by atoms with Crippen LogP contribution in [0.4, 0.5) is 0 Å². The van der Waals surface area contributed by atoms with E-state index in [0.717, 1.165) is 64.2 Å². The Morgan fingerprint density at radius 2 is 1.85 bits per heavy atom. The topological polar surface area (TPSA) is 122 Å². The van der Waals surface area contributed by atoms with E-state index in [0.29, 0.717) is 61.5 Å². The van der Waals surface area contributed by atoms with E-state index < -0.39 is 6.04 Å². The molecule has 0 aromatic carbocycles. The van der Waals surface area contributed by atoms with Crippen molar-refractivity contribution in [1.82, 2.24) is 5.32 Å². The molecule has 0 aromatic heterocycles. The molecule has 5 N–H and O–H groups in total. The third kappa shape index (κ3) is 8.42. The Labute approximate surface area is 237 Å². The summed E-state index contributed by atoms with van der Waals surface area (Å²) in [7, 11) is 0. The SMILES string of the molecule is CCOC(=O)C(CCCCN)NC(=O)CCC(C)C1CCCC2C(C(C)CC1)C(O)CC1CC(O)CCC12C. The first-order valence-corrected chi connectivity index (χ1v) is 16.1. The highest BCUT2D eigenvalue weighted by Gasteiger charge is 2.54. The zero-order chi connectivity index (χ0) is 28.6. The van der Waals surface area contributed by atoms with Gasteiger partial charge in [0.2, 0.25) is 5.91 Å². The smallest absolute Gasteiger partial charge is 0.328 e. The van der Waals surface area contributed by atoms with Crippen LogP contribution in [0.1, 0.15) is 118 Å². The Hall–Kier alpha value is -1.18. The number of unbranched alkanes of at least 4 members (excludes halogenated alkanes) is 1. The van der Waals surface area contributed by atoms with Crippen molar-refractivity contribution in [3.05, 3.63) is 0 Å². The fourth-order valence-electron chi connectivity index (χ4n) is 8.53. The van der Waals surface area contributed by atoms with Gasteiger partial charge in [0.15, 0.2) is 0 Å². The van der Waals surface area contributed by atoms with Gasteiger partial charge >= 0.3 is 5.97 Å². The quantitative estimate of drug-likeness (QED) is 0.213. The number of amides is 1. The fraction of sp³-hybridized carbons (Fsp3) is 0.938. The van der Waals surface area contributed by atoms with Crippen LogP contribution in [0, 0.1) is 40.9 Å². The molecule has 10 atom stereocenters. The van der Waals surface area contributed by atoms with Crippen LogP contribution in [0.5, 0.6) is 0 Å². The number of esters is 1. The van der Waals surface area contributed by atoms with Crippen molar-refractivity contribution in [3.8, 4) is 0 Å². The van der Waals surface area contributed by atoms with E-state index in [1.165, 1.54) is 12.8 Å². The van der Waals surface area contributed by atoms with E-state index >= 15 is 0 Å². The minimum absolute atomic E-state index is 0.0725. The van der Waals surface area contributed by atoms with Crippen molar-refractivity contribution >= 4 is 11.9 Å². The van der Waals surface area contributed by atoms with Gasteiger partial charge in [0.1, 0.15) is 6.04 Å². The van der Waals surface area contributed by atoms with E-state index in [4.69, 9.17) is 10.5 Å². The summed E-state index contributed by atoms with van der Waals surface area (Å²) >= 11 is 0. The van der Waals surface area contributed by atoms with Crippen LogP contribution in [-0.4, -0.2) is 53.5 Å². The predicted octanol–water partition coefficient (Wildman–Crippen LogP) is 4.96. The van der Waals surface area contributed by atoms with E-state index in [2.05, 4.69) is 26.1 Å². The van der Waals surface area contributed by atoms with Gasteiger partial charge in [-0.1, -0.05) is 40.0 Å². The van der Waals surface area contributed by atoms with Crippen molar-refractivity contribution in [2.45, 2.75) is 136 Å². The predicted molar refractivity (Wildman–Crippen MR) is 155 cm³/mol. The third-order valence-electron chi connectivity index (χ3n) is 11.0. The zero-order valence-electron chi connectivity index (χ0n) is 25.2. The number of hydrogen-bond acceptors (Lipinski definition) is 6. The molecule has 0 saturated heterocycles. The summed E-state index contributed by atoms with van der Waals surface area (Å²) in [6, 6.07) is -0.592. The maximum Gasteiger partial charge on any atom is 0.328 e. The van der Waals surface area contributed by atoms with Gasteiger partial charge in [-0.2, -0.15) is 0 Å². The van der Waals surface area contributed by atoms with Gasteiger partial charge in [0.05, 0.1) is 18.8 Å². The van der Waals surface area contributed by atoms with Crippen molar-refractivity contribution in [1.29, 1.82) is 0 Å². The number of carbonyl (C=O) groups excluding carboxylic acids is 2. The minimum atomic E-state index is -0.592. The Bertz CT molecular complexity index is 778. The molecule has 7 nitrogen and oxygen atoms in total. The van der Waals surface area contributed by atoms with Crippen molar-refractivity contribution in [2.24, 2.45) is 46.7 Å². The molecule has 0 bridgehead atoms. The van der Waals surface area contributed by atoms with Gasteiger partial charge < -0.3 is 26.0 Å². The second-order valence-corrected chi connectivity index (χ2v) is 13.5. The number of fused-ring (bicyclic) bond motifs is 3. The monoisotopic (exact) mass is 550 g/mol. The molecular formula is C32H58N2O5. The summed E-state index contributed by atoms with van der Waals surface area (Å²) in [5.41, 5.74) is 5.82. The molecule has 0 radical (unpaired) electrons. The van der Waals surface area contributed by atoms with Gasteiger partial charge in [-0.3, -0.25) is 4.79 Å². The van der Waals surface area contributed by atoms with Crippen molar-refractivity contribution in [2.75, 3.05) is 13.2 Å². The van der Waals surface area contributed by atoms with Gasteiger partial charge in [-0.05, 0) is 119 Å². The van der Waals surface area contributed by atoms with Crippen LogP contribution in [0.15, 0.2) is 0 Å². The summed E-state index contributed by atoms with van der Waals surface area (Å²) in [5.74, 6) is 2.34. The van der Waals surface area contributed by atoms with Gasteiger partial charge in [0.25, 0.3) is 0 Å². The normalized spacial score (nSPS) is 36.7. The number of ether oxygens (including phenoxy) is 1. The summed E-state index contributed by atoms with van der Waals surface area (Å²) in [4.78, 5) is 25.2. The molecule has 3 aliphatic rings. The molecule has 3 rings (SSSR count). The first-order valence-electron chi connectivity index (χ1n) is 16.1. The molecular weight excluding hydrogens is 492 g/mol. The van der Waals surface area contributed by atoms with Crippen LogP contribution in [-0.2, 0) is 14.3 Å². The molecule has 7 heteroatoms. The van der Waals surface area contributed by atoms with Crippen molar-refractivity contribution < 1.29 is 24.5 Å². The van der Waals surface area contributed by atoms with Crippen molar-refractivity contribution in [3.63, 3.8) is 0 Å². The highest BCUT2D eigenvalue weighted by molar-refractivity contribution is 5.84. The van der Waals surface area contributed by atoms with Crippen LogP contribution in [0.3, 0.4) is 0 Å². The fourth-order valence-corrected chi connectivity index (χ4v) is 8.53. The molecule has 3 fully saturated rings. The number of aliphatic hydroxyl groups excluding tert-OH is 2. The molecule has 10 unspecified atom stereocenters. The summed E-state index contributed by atoms with van der Waals surface area (Å²) in [5, 5.41) is 24.6. The number of nitrogens with two attached hydrogens (primary N) is 1. The van der Waals surface area contributed by atoms with Crippen LogP contribution < -0.4 is 11.1 Å². The Morgan fingerprint density at radius 1 is 1.08 bits per heavy atom. The highest BCUT2D eigenvalue weighted by atomic mass is 16.5. The lowest BCUT2D eigenvalue weighted by Crippen LogP contribution is -2.54. The minimum Gasteiger partial charge on any atom is -0.464 e. The maximum absolute atomic E-state index is 12.8. The highest BCUT2D eigenvalue weighted by Crippen LogP contribution is 2.59. The molecule has 226 valence electrons. The van der Waals surface area contributed by atoms with Gasteiger partial charge in [-0.15, -0.1) is 0 Å². The van der Waals surface area contributed by atoms with Gasteiger partial charge in [-0.25, -0.2) is 4.79 Å². The van der Waals surface area contributed by atoms with Gasteiger partial charge in [0, 0.05) is 6.42 Å². The lowest BCUT2D eigenvalue weighted by atomic mass is 9.49. The summed E-state index contributed by atoms with van der Waals surface area (Å²) in [6.07, 6.45) is 12.3. The molecule has 3 saturated carbocycles. The zero-order valence-corrected chi connectivity index (χ0v) is 25.2. The number of carbonyl (C=O) groups is 2. The lowest BCUT2D eigenvalue weighted by Gasteiger charge is -2.57. The molecule has 0 aliphatic heterocycles. The molecule has 1 amide bonds. The molecule has 39 heavy (non-hydrogen) atoms. The second-order valence-electron chi connectivity index (χ2n) is 13.5. The van der Waals surface area contributed by atoms with E-state index in [-0.39, 0.29) is 29.5 Å². The van der Waals surface area contributed by atoms with E-state index in [1.807, 2.05) is 0 Å². The molecule has 3 aliphatic carbocycles. The molecule has 0 aromatic rings. The second kappa shape index (κ2) is 15.2. The first-order chi connectivity index (χ1) is 18.6. The summed E-state index contributed by atoms with van der Waals surface area (Å²) < 4.78 is 5.18. The largest absolute Gasteiger partial charge is 0.464 e. The average molecular weight is 551 g/mol. The number of nitrogens with one attached hydrogen (secondary N) is 1. The standard InChI is InChI=1S/C32H58N2O5/c1-5-39-31(38)27(11-6-7-18-33)34-29(37)15-13-21(2)23-9-8-10-26-30(22(3)12-14-23)28(36)20-24-19-25(35)16-17-32(24,26)4/h21-28,30,35-36H,5-20,33H2,1-4H3,(H,34,37). The average Bonchev–Trinajstić information content (AvgIpc) is 2.98. The number of aliphatic hydroxyl groups is 2. The van der Waals surface area contributed by atoms with Crippen LogP contribution in [0.25, 0.3) is 0 Å². The molecule has 0 heterocycles. The lowest BCUT2D eigenvalue weighted by molar-refractivity contribution is -0.147. The number of hydrogen-bond donors (Lipinski definition) is 4. The summed E-state index contributed by atoms with van der Waals surface area (Å²) in [6.45, 7) is 9.75. The number of rotatable bonds is 11. The molecule has 0 spiro atoms. The third-order valence-corrected chi connectivity index (χ3v) is 11.0. The van der Waals surface area contributed by atoms with Crippen LogP contribution >= 0.6 is 0 Å². The maximum atomic E-state index is 12.8. The Morgan fingerprint density at radius 3 is 2.56 bits per heavy atom. The Balaban J connectivity index is 1.56. The first kappa shape index (κ1) is 32.3. The van der Waals surface area contributed by atoms with Crippen LogP contribution in [0.2, 0.25) is 0 Å². The van der Waals surface area contributed by atoms with E-state index in [1.54, 1.807) is 6.92 Å². The van der Waals surface area contributed by atoms with E-state index in [9.17, 15) is 19.8 Å². The Kier molecular flexibility index (Phi) is 12.6.